The van der Waals surface area contributed by atoms with Gasteiger partial charge in [-0.05, 0) is 6.07 Å². The Kier molecular flexibility index (Phi) is 5.05. The summed E-state index contributed by atoms with van der Waals surface area (Å²) in [4.78, 5) is 0. The number of benzene rings is 1. The molecular formula is C11H15ClO3. The molecule has 1 rings (SSSR count). The first-order chi connectivity index (χ1) is 7.24. The predicted molar refractivity (Wildman–Crippen MR) is 59.1 cm³/mol. The van der Waals surface area contributed by atoms with E-state index >= 15 is 0 Å². The van der Waals surface area contributed by atoms with Crippen LogP contribution >= 0.6 is 11.6 Å². The third kappa shape index (κ3) is 2.92. The van der Waals surface area contributed by atoms with Crippen molar-refractivity contribution in [3.63, 3.8) is 0 Å². The van der Waals surface area contributed by atoms with Crippen LogP contribution in [0.25, 0.3) is 0 Å². The van der Waals surface area contributed by atoms with E-state index in [0.29, 0.717) is 5.02 Å². The van der Waals surface area contributed by atoms with Gasteiger partial charge in [0.2, 0.25) is 0 Å². The minimum absolute atomic E-state index is 0.111. The van der Waals surface area contributed by atoms with Crippen molar-refractivity contribution in [2.45, 2.75) is 12.2 Å². The van der Waals surface area contributed by atoms with E-state index in [1.807, 2.05) is 18.2 Å². The van der Waals surface area contributed by atoms with Gasteiger partial charge in [-0.2, -0.15) is 0 Å². The van der Waals surface area contributed by atoms with Gasteiger partial charge in [0.25, 0.3) is 0 Å². The molecule has 1 N–H and O–H groups in total. The SMILES string of the molecule is CO[C@@H](CO)[C@@H](OC)c1ccccc1Cl. The van der Waals surface area contributed by atoms with Gasteiger partial charge in [0, 0.05) is 24.8 Å². The second-order valence-electron chi connectivity index (χ2n) is 3.13. The van der Waals surface area contributed by atoms with Gasteiger partial charge in [-0.3, -0.25) is 0 Å². The molecule has 1 aromatic rings. The molecule has 0 bridgehead atoms. The van der Waals surface area contributed by atoms with E-state index in [9.17, 15) is 0 Å². The van der Waals surface area contributed by atoms with Crippen molar-refractivity contribution in [2.75, 3.05) is 20.8 Å². The molecule has 0 saturated carbocycles. The lowest BCUT2D eigenvalue weighted by Crippen LogP contribution is -2.26. The van der Waals surface area contributed by atoms with E-state index in [1.165, 1.54) is 7.11 Å². The van der Waals surface area contributed by atoms with E-state index in [4.69, 9.17) is 26.2 Å². The predicted octanol–water partition coefficient (Wildman–Crippen LogP) is 2.03. The highest BCUT2D eigenvalue weighted by Crippen LogP contribution is 2.28. The standard InChI is InChI=1S/C11H15ClO3/c1-14-10(7-13)11(15-2)8-5-3-4-6-9(8)12/h3-6,10-11,13H,7H2,1-2H3/t10-,11-/m0/s1. The molecule has 0 radical (unpaired) electrons. The molecule has 0 spiro atoms. The summed E-state index contributed by atoms with van der Waals surface area (Å²) in [6.45, 7) is -0.111. The number of rotatable bonds is 5. The number of halogens is 1. The zero-order valence-corrected chi connectivity index (χ0v) is 9.57. The van der Waals surface area contributed by atoms with Crippen LogP contribution in [0.1, 0.15) is 11.7 Å². The molecule has 0 fully saturated rings. The summed E-state index contributed by atoms with van der Waals surface area (Å²) in [6, 6.07) is 7.36. The van der Waals surface area contributed by atoms with Crippen LogP contribution in [0, 0.1) is 0 Å². The van der Waals surface area contributed by atoms with Crippen molar-refractivity contribution in [1.82, 2.24) is 0 Å². The number of hydrogen-bond acceptors (Lipinski definition) is 3. The van der Waals surface area contributed by atoms with Crippen LogP contribution in [0.4, 0.5) is 0 Å². The first-order valence-electron chi connectivity index (χ1n) is 4.65. The van der Waals surface area contributed by atoms with Crippen molar-refractivity contribution < 1.29 is 14.6 Å². The molecule has 4 heteroatoms. The first kappa shape index (κ1) is 12.5. The second kappa shape index (κ2) is 6.08. The average molecular weight is 231 g/mol. The second-order valence-corrected chi connectivity index (χ2v) is 3.54. The maximum absolute atomic E-state index is 9.13. The third-order valence-electron chi connectivity index (χ3n) is 2.29. The van der Waals surface area contributed by atoms with E-state index in [0.717, 1.165) is 5.56 Å². The highest BCUT2D eigenvalue weighted by molar-refractivity contribution is 6.31. The lowest BCUT2D eigenvalue weighted by atomic mass is 10.0. The van der Waals surface area contributed by atoms with Crippen molar-refractivity contribution in [3.8, 4) is 0 Å². The fourth-order valence-electron chi connectivity index (χ4n) is 1.48. The minimum atomic E-state index is -0.408. The van der Waals surface area contributed by atoms with E-state index in [2.05, 4.69) is 0 Å². The Labute approximate surface area is 94.6 Å². The van der Waals surface area contributed by atoms with E-state index in [1.54, 1.807) is 13.2 Å². The molecule has 0 aliphatic carbocycles. The molecule has 3 nitrogen and oxygen atoms in total. The number of ether oxygens (including phenoxy) is 2. The van der Waals surface area contributed by atoms with E-state index in [-0.39, 0.29) is 12.7 Å². The molecule has 0 amide bonds. The van der Waals surface area contributed by atoms with Crippen LogP contribution in [-0.2, 0) is 9.47 Å². The number of methoxy groups -OCH3 is 2. The molecule has 1 aromatic carbocycles. The van der Waals surface area contributed by atoms with Crippen molar-refractivity contribution >= 4 is 11.6 Å². The molecule has 15 heavy (non-hydrogen) atoms. The molecule has 0 unspecified atom stereocenters. The van der Waals surface area contributed by atoms with Gasteiger partial charge in [0.05, 0.1) is 6.61 Å². The number of hydrogen-bond donors (Lipinski definition) is 1. The Bertz CT molecular complexity index is 300. The van der Waals surface area contributed by atoms with Crippen LogP contribution in [0.3, 0.4) is 0 Å². The van der Waals surface area contributed by atoms with Crippen LogP contribution < -0.4 is 0 Å². The van der Waals surface area contributed by atoms with Crippen LogP contribution in [0.5, 0.6) is 0 Å². The normalized spacial score (nSPS) is 14.9. The molecule has 2 atom stereocenters. The molecule has 0 saturated heterocycles. The summed E-state index contributed by atoms with van der Waals surface area (Å²) in [6.07, 6.45) is -0.761. The van der Waals surface area contributed by atoms with Crippen LogP contribution in [0.2, 0.25) is 5.02 Å². The van der Waals surface area contributed by atoms with Crippen molar-refractivity contribution in [2.24, 2.45) is 0 Å². The summed E-state index contributed by atoms with van der Waals surface area (Å²) in [7, 11) is 3.10. The third-order valence-corrected chi connectivity index (χ3v) is 2.63. The van der Waals surface area contributed by atoms with Gasteiger partial charge in [-0.25, -0.2) is 0 Å². The van der Waals surface area contributed by atoms with Gasteiger partial charge < -0.3 is 14.6 Å². The Hall–Kier alpha value is -0.610. The topological polar surface area (TPSA) is 38.7 Å². The Morgan fingerprint density at radius 1 is 1.27 bits per heavy atom. The zero-order chi connectivity index (χ0) is 11.3. The average Bonchev–Trinajstić information content (AvgIpc) is 2.27. The Morgan fingerprint density at radius 2 is 1.93 bits per heavy atom. The molecule has 0 aliphatic heterocycles. The Balaban J connectivity index is 2.96. The van der Waals surface area contributed by atoms with Gasteiger partial charge in [-0.1, -0.05) is 29.8 Å². The van der Waals surface area contributed by atoms with Gasteiger partial charge in [-0.15, -0.1) is 0 Å². The smallest absolute Gasteiger partial charge is 0.112 e. The summed E-state index contributed by atoms with van der Waals surface area (Å²) < 4.78 is 10.4. The monoisotopic (exact) mass is 230 g/mol. The van der Waals surface area contributed by atoms with Gasteiger partial charge in [0.15, 0.2) is 0 Å². The number of aliphatic hydroxyl groups excluding tert-OH is 1. The maximum Gasteiger partial charge on any atom is 0.112 e. The Morgan fingerprint density at radius 3 is 2.40 bits per heavy atom. The number of aliphatic hydroxyl groups is 1. The summed E-state index contributed by atoms with van der Waals surface area (Å²) in [5.41, 5.74) is 0.822. The molecule has 0 aliphatic rings. The minimum Gasteiger partial charge on any atom is -0.394 e. The van der Waals surface area contributed by atoms with Crippen LogP contribution in [-0.4, -0.2) is 32.0 Å². The van der Waals surface area contributed by atoms with Gasteiger partial charge >= 0.3 is 0 Å². The highest BCUT2D eigenvalue weighted by atomic mass is 35.5. The maximum atomic E-state index is 9.13. The van der Waals surface area contributed by atoms with Crippen molar-refractivity contribution in [1.29, 1.82) is 0 Å². The molecular weight excluding hydrogens is 216 g/mol. The molecule has 84 valence electrons. The van der Waals surface area contributed by atoms with E-state index < -0.39 is 6.10 Å². The highest BCUT2D eigenvalue weighted by Gasteiger charge is 2.23. The molecule has 0 aromatic heterocycles. The first-order valence-corrected chi connectivity index (χ1v) is 5.03. The van der Waals surface area contributed by atoms with Gasteiger partial charge in [0.1, 0.15) is 12.2 Å². The summed E-state index contributed by atoms with van der Waals surface area (Å²) in [5.74, 6) is 0. The molecule has 0 heterocycles. The van der Waals surface area contributed by atoms with Crippen LogP contribution in [0.15, 0.2) is 24.3 Å². The zero-order valence-electron chi connectivity index (χ0n) is 8.81. The fraction of sp³-hybridized carbons (Fsp3) is 0.455. The van der Waals surface area contributed by atoms with Crippen molar-refractivity contribution in [3.05, 3.63) is 34.9 Å². The lowest BCUT2D eigenvalue weighted by molar-refractivity contribution is -0.0616. The summed E-state index contributed by atoms with van der Waals surface area (Å²) in [5, 5.41) is 9.74. The lowest BCUT2D eigenvalue weighted by Gasteiger charge is -2.24. The fourth-order valence-corrected chi connectivity index (χ4v) is 1.72. The summed E-state index contributed by atoms with van der Waals surface area (Å²) >= 11 is 6.04. The quantitative estimate of drug-likeness (QED) is 0.841. The largest absolute Gasteiger partial charge is 0.394 e.